The Bertz CT molecular complexity index is 333. The second-order valence-electron chi connectivity index (χ2n) is 2.51. The van der Waals surface area contributed by atoms with Crippen LogP contribution in [0.4, 0.5) is 8.78 Å². The molecule has 0 saturated carbocycles. The largest absolute Gasteiger partial charge is 0.493 e. The van der Waals surface area contributed by atoms with Gasteiger partial charge < -0.3 is 10.5 Å². The molecule has 0 aliphatic carbocycles. The molecule has 78 valence electrons. The normalized spacial score (nSPS) is 10.7. The van der Waals surface area contributed by atoms with Crippen molar-refractivity contribution in [1.82, 2.24) is 4.98 Å². The van der Waals surface area contributed by atoms with Crippen molar-refractivity contribution in [3.8, 4) is 5.75 Å². The van der Waals surface area contributed by atoms with E-state index in [4.69, 9.17) is 22.1 Å². The van der Waals surface area contributed by atoms with Gasteiger partial charge in [0.05, 0.1) is 23.4 Å². The molecule has 0 aromatic carbocycles. The molecule has 6 heteroatoms. The van der Waals surface area contributed by atoms with Gasteiger partial charge in [-0.05, 0) is 0 Å². The van der Waals surface area contributed by atoms with Gasteiger partial charge in [-0.2, -0.15) is 0 Å². The molecule has 0 radical (unpaired) electrons. The number of hydrogen-bond donors (Lipinski definition) is 1. The van der Waals surface area contributed by atoms with Crippen LogP contribution in [0.25, 0.3) is 0 Å². The Morgan fingerprint density at radius 1 is 1.64 bits per heavy atom. The summed E-state index contributed by atoms with van der Waals surface area (Å²) in [7, 11) is 1.33. The molecular formula is C8H9ClF2N2O. The Morgan fingerprint density at radius 2 is 2.29 bits per heavy atom. The fourth-order valence-corrected chi connectivity index (χ4v) is 1.34. The number of aromatic nitrogens is 1. The number of hydrogen-bond acceptors (Lipinski definition) is 3. The van der Waals surface area contributed by atoms with Gasteiger partial charge in [0.2, 0.25) is 0 Å². The summed E-state index contributed by atoms with van der Waals surface area (Å²) in [6.45, 7) is 0.0897. The minimum absolute atomic E-state index is 0.0897. The monoisotopic (exact) mass is 222 g/mol. The summed E-state index contributed by atoms with van der Waals surface area (Å²) < 4.78 is 29.6. The second-order valence-corrected chi connectivity index (χ2v) is 2.89. The Labute approximate surface area is 84.8 Å². The highest BCUT2D eigenvalue weighted by Crippen LogP contribution is 2.35. The van der Waals surface area contributed by atoms with Gasteiger partial charge >= 0.3 is 0 Å². The number of ether oxygens (including phenoxy) is 1. The highest BCUT2D eigenvalue weighted by molar-refractivity contribution is 6.32. The Morgan fingerprint density at radius 3 is 2.71 bits per heavy atom. The van der Waals surface area contributed by atoms with Crippen LogP contribution in [0.15, 0.2) is 6.20 Å². The van der Waals surface area contributed by atoms with Crippen molar-refractivity contribution in [2.45, 2.75) is 13.0 Å². The Hall–Kier alpha value is -0.940. The highest BCUT2D eigenvalue weighted by Gasteiger charge is 2.18. The summed E-state index contributed by atoms with van der Waals surface area (Å²) in [5, 5.41) is -0.127. The van der Waals surface area contributed by atoms with Crippen LogP contribution in [0.2, 0.25) is 5.02 Å². The Kier molecular flexibility index (Phi) is 3.60. The predicted molar refractivity (Wildman–Crippen MR) is 48.6 cm³/mol. The van der Waals surface area contributed by atoms with Crippen LogP contribution in [-0.2, 0) is 6.54 Å². The molecule has 0 unspecified atom stereocenters. The van der Waals surface area contributed by atoms with Gasteiger partial charge in [0.25, 0.3) is 6.43 Å². The van der Waals surface area contributed by atoms with E-state index in [2.05, 4.69) is 4.98 Å². The van der Waals surface area contributed by atoms with Crippen LogP contribution in [0, 0.1) is 0 Å². The summed E-state index contributed by atoms with van der Waals surface area (Å²) >= 11 is 5.69. The van der Waals surface area contributed by atoms with E-state index in [9.17, 15) is 8.78 Å². The lowest BCUT2D eigenvalue weighted by Crippen LogP contribution is -2.05. The van der Waals surface area contributed by atoms with Crippen molar-refractivity contribution in [2.75, 3.05) is 7.11 Å². The van der Waals surface area contributed by atoms with E-state index in [1.165, 1.54) is 7.11 Å². The van der Waals surface area contributed by atoms with E-state index >= 15 is 0 Å². The molecule has 1 aromatic heterocycles. The summed E-state index contributed by atoms with van der Waals surface area (Å²) in [5.74, 6) is 0.118. The molecule has 0 aliphatic rings. The second kappa shape index (κ2) is 4.52. The van der Waals surface area contributed by atoms with Crippen molar-refractivity contribution in [3.63, 3.8) is 0 Å². The number of rotatable bonds is 3. The van der Waals surface area contributed by atoms with Crippen molar-refractivity contribution >= 4 is 11.6 Å². The molecule has 0 aliphatic heterocycles. The fraction of sp³-hybridized carbons (Fsp3) is 0.375. The maximum atomic E-state index is 12.4. The SMILES string of the molecule is COc1c(CN)ncc(C(F)F)c1Cl. The van der Waals surface area contributed by atoms with Crippen LogP contribution in [-0.4, -0.2) is 12.1 Å². The standard InChI is InChI=1S/C8H9ClF2N2O/c1-14-7-5(2-12)13-3-4(6(7)9)8(10)11/h3,8H,2,12H2,1H3. The molecule has 14 heavy (non-hydrogen) atoms. The summed E-state index contributed by atoms with van der Waals surface area (Å²) in [5.41, 5.74) is 5.35. The van der Waals surface area contributed by atoms with Crippen molar-refractivity contribution in [2.24, 2.45) is 5.73 Å². The van der Waals surface area contributed by atoms with Gasteiger partial charge in [-0.1, -0.05) is 11.6 Å². The average Bonchev–Trinajstić information content (AvgIpc) is 2.16. The number of nitrogens with zero attached hydrogens (tertiary/aromatic N) is 1. The minimum Gasteiger partial charge on any atom is -0.493 e. The zero-order chi connectivity index (χ0) is 10.7. The van der Waals surface area contributed by atoms with E-state index in [0.29, 0.717) is 5.69 Å². The molecule has 0 saturated heterocycles. The smallest absolute Gasteiger partial charge is 0.266 e. The molecule has 3 nitrogen and oxygen atoms in total. The molecule has 1 heterocycles. The highest BCUT2D eigenvalue weighted by atomic mass is 35.5. The maximum Gasteiger partial charge on any atom is 0.266 e. The lowest BCUT2D eigenvalue weighted by atomic mass is 10.2. The zero-order valence-electron chi connectivity index (χ0n) is 7.43. The van der Waals surface area contributed by atoms with E-state index in [-0.39, 0.29) is 22.9 Å². The molecule has 0 bridgehead atoms. The van der Waals surface area contributed by atoms with E-state index in [1.807, 2.05) is 0 Å². The predicted octanol–water partition coefficient (Wildman–Crippen LogP) is 2.14. The number of pyridine rings is 1. The Balaban J connectivity index is 3.27. The first-order chi connectivity index (χ1) is 6.61. The van der Waals surface area contributed by atoms with Crippen LogP contribution < -0.4 is 10.5 Å². The topological polar surface area (TPSA) is 48.1 Å². The maximum absolute atomic E-state index is 12.4. The molecule has 1 aromatic rings. The zero-order valence-corrected chi connectivity index (χ0v) is 8.18. The van der Waals surface area contributed by atoms with Gasteiger partial charge in [0, 0.05) is 12.7 Å². The molecule has 0 fully saturated rings. The van der Waals surface area contributed by atoms with Crippen molar-refractivity contribution < 1.29 is 13.5 Å². The van der Waals surface area contributed by atoms with E-state index in [0.717, 1.165) is 6.20 Å². The fourth-order valence-electron chi connectivity index (χ4n) is 1.03. The van der Waals surface area contributed by atoms with Gasteiger partial charge in [0.15, 0.2) is 5.75 Å². The lowest BCUT2D eigenvalue weighted by Gasteiger charge is -2.10. The van der Waals surface area contributed by atoms with Gasteiger partial charge in [0.1, 0.15) is 0 Å². The van der Waals surface area contributed by atoms with Crippen LogP contribution >= 0.6 is 11.6 Å². The molecule has 0 amide bonds. The van der Waals surface area contributed by atoms with E-state index < -0.39 is 6.43 Å². The summed E-state index contributed by atoms with van der Waals surface area (Å²) in [4.78, 5) is 3.74. The minimum atomic E-state index is -2.67. The van der Waals surface area contributed by atoms with Crippen LogP contribution in [0.5, 0.6) is 5.75 Å². The molecule has 2 N–H and O–H groups in total. The molecule has 0 spiro atoms. The number of nitrogens with two attached hydrogens (primary N) is 1. The number of alkyl halides is 2. The van der Waals surface area contributed by atoms with Gasteiger partial charge in [-0.3, -0.25) is 4.98 Å². The van der Waals surface area contributed by atoms with Crippen molar-refractivity contribution in [3.05, 3.63) is 22.5 Å². The first kappa shape index (κ1) is 11.1. The molecule has 1 rings (SSSR count). The summed E-state index contributed by atoms with van der Waals surface area (Å²) in [6, 6.07) is 0. The van der Waals surface area contributed by atoms with Gasteiger partial charge in [-0.15, -0.1) is 0 Å². The average molecular weight is 223 g/mol. The molecular weight excluding hydrogens is 214 g/mol. The lowest BCUT2D eigenvalue weighted by molar-refractivity contribution is 0.150. The van der Waals surface area contributed by atoms with Gasteiger partial charge in [-0.25, -0.2) is 8.78 Å². The number of methoxy groups -OCH3 is 1. The summed E-state index contributed by atoms with van der Waals surface area (Å²) in [6.07, 6.45) is -1.66. The van der Waals surface area contributed by atoms with E-state index in [1.54, 1.807) is 0 Å². The third-order valence-electron chi connectivity index (χ3n) is 1.71. The first-order valence-corrected chi connectivity index (χ1v) is 4.19. The third-order valence-corrected chi connectivity index (χ3v) is 2.10. The third kappa shape index (κ3) is 1.93. The molecule has 0 atom stereocenters. The first-order valence-electron chi connectivity index (χ1n) is 3.81. The van der Waals surface area contributed by atoms with Crippen molar-refractivity contribution in [1.29, 1.82) is 0 Å². The quantitative estimate of drug-likeness (QED) is 0.853. The van der Waals surface area contributed by atoms with Crippen LogP contribution in [0.1, 0.15) is 17.7 Å². The van der Waals surface area contributed by atoms with Crippen LogP contribution in [0.3, 0.4) is 0 Å². The number of halogens is 3.